The van der Waals surface area contributed by atoms with E-state index in [9.17, 15) is 38.4 Å². The first kappa shape index (κ1) is 45.9. The number of rotatable bonds is 27. The SMILES string of the molecule is C=CC(=O)OCC(CC)(COC(=O)C=C)COC(=O)CCC(CCC(=O)OCC(CC)(COC(=O)C=C)COC(=O)C=C)(C(C)=O)C(=O)OCC. The van der Waals surface area contributed by atoms with E-state index in [1.54, 1.807) is 13.8 Å². The monoisotopic (exact) mass is 722 g/mol. The Balaban J connectivity index is 5.92. The molecule has 0 aliphatic heterocycles. The lowest BCUT2D eigenvalue weighted by atomic mass is 9.75. The molecule has 0 bridgehead atoms. The molecule has 0 heterocycles. The smallest absolute Gasteiger partial charge is 0.330 e. The molecule has 0 radical (unpaired) electrons. The van der Waals surface area contributed by atoms with Gasteiger partial charge in [0.05, 0.1) is 17.4 Å². The Morgan fingerprint density at radius 2 is 0.784 bits per heavy atom. The second-order valence-electron chi connectivity index (χ2n) is 11.6. The van der Waals surface area contributed by atoms with E-state index in [0.717, 1.165) is 31.2 Å². The zero-order chi connectivity index (χ0) is 39.1. The van der Waals surface area contributed by atoms with E-state index in [1.165, 1.54) is 6.92 Å². The number of carbonyl (C=O) groups excluding carboxylic acids is 8. The third-order valence-corrected chi connectivity index (χ3v) is 8.18. The van der Waals surface area contributed by atoms with Gasteiger partial charge in [0.15, 0.2) is 0 Å². The maximum Gasteiger partial charge on any atom is 0.330 e. The summed E-state index contributed by atoms with van der Waals surface area (Å²) in [5, 5.41) is 0. The van der Waals surface area contributed by atoms with Crippen LogP contribution in [0, 0.1) is 16.2 Å². The van der Waals surface area contributed by atoms with Crippen LogP contribution in [0.1, 0.15) is 66.2 Å². The van der Waals surface area contributed by atoms with Crippen molar-refractivity contribution in [1.29, 1.82) is 0 Å². The third-order valence-electron chi connectivity index (χ3n) is 8.18. The largest absolute Gasteiger partial charge is 0.465 e. The van der Waals surface area contributed by atoms with Crippen molar-refractivity contribution in [3.05, 3.63) is 50.6 Å². The van der Waals surface area contributed by atoms with Gasteiger partial charge in [0.2, 0.25) is 0 Å². The van der Waals surface area contributed by atoms with Crippen molar-refractivity contribution in [2.75, 3.05) is 46.2 Å². The summed E-state index contributed by atoms with van der Waals surface area (Å²) < 4.78 is 36.6. The third kappa shape index (κ3) is 16.0. The van der Waals surface area contributed by atoms with Gasteiger partial charge in [-0.3, -0.25) is 19.2 Å². The molecule has 0 spiro atoms. The molecule has 0 amide bonds. The van der Waals surface area contributed by atoms with Gasteiger partial charge < -0.3 is 33.2 Å². The van der Waals surface area contributed by atoms with Crippen molar-refractivity contribution in [1.82, 2.24) is 0 Å². The predicted molar refractivity (Wildman–Crippen MR) is 180 cm³/mol. The number of Topliss-reactive ketones (excluding diaryl/α,β-unsaturated/α-hetero) is 1. The van der Waals surface area contributed by atoms with Crippen molar-refractivity contribution in [2.24, 2.45) is 16.2 Å². The maximum absolute atomic E-state index is 13.2. The number of carbonyl (C=O) groups is 8. The van der Waals surface area contributed by atoms with E-state index in [1.807, 2.05) is 0 Å². The molecule has 0 aliphatic rings. The summed E-state index contributed by atoms with van der Waals surface area (Å²) in [5.74, 6) is -6.31. The van der Waals surface area contributed by atoms with E-state index in [0.29, 0.717) is 0 Å². The molecule has 0 aliphatic carbocycles. The van der Waals surface area contributed by atoms with Crippen LogP contribution in [0.25, 0.3) is 0 Å². The second kappa shape index (κ2) is 23.3. The Labute approximate surface area is 298 Å². The van der Waals surface area contributed by atoms with E-state index in [2.05, 4.69) is 26.3 Å². The van der Waals surface area contributed by atoms with Crippen LogP contribution in [0.15, 0.2) is 50.6 Å². The molecule has 284 valence electrons. The second-order valence-corrected chi connectivity index (χ2v) is 11.6. The molecule has 0 aromatic carbocycles. The van der Waals surface area contributed by atoms with Crippen LogP contribution in [0.4, 0.5) is 0 Å². The van der Waals surface area contributed by atoms with Crippen LogP contribution in [0.2, 0.25) is 0 Å². The van der Waals surface area contributed by atoms with Crippen molar-refractivity contribution in [3.63, 3.8) is 0 Å². The Kier molecular flexibility index (Phi) is 21.0. The normalized spacial score (nSPS) is 11.1. The van der Waals surface area contributed by atoms with Crippen LogP contribution < -0.4 is 0 Å². The number of ether oxygens (including phenoxy) is 7. The molecule has 0 unspecified atom stereocenters. The lowest BCUT2D eigenvalue weighted by Crippen LogP contribution is -2.42. The molecule has 0 rings (SSSR count). The maximum atomic E-state index is 13.2. The summed E-state index contributed by atoms with van der Waals surface area (Å²) in [6, 6.07) is 0. The van der Waals surface area contributed by atoms with Crippen LogP contribution in [-0.4, -0.2) is 93.8 Å². The fourth-order valence-corrected chi connectivity index (χ4v) is 4.33. The Hall–Kier alpha value is -5.08. The highest BCUT2D eigenvalue weighted by molar-refractivity contribution is 6.03. The number of esters is 7. The summed E-state index contributed by atoms with van der Waals surface area (Å²) in [6.07, 6.45) is 2.53. The predicted octanol–water partition coefficient (Wildman–Crippen LogP) is 3.48. The van der Waals surface area contributed by atoms with Gasteiger partial charge in [0, 0.05) is 37.1 Å². The number of ketones is 1. The first-order chi connectivity index (χ1) is 24.1. The molecule has 0 aromatic rings. The van der Waals surface area contributed by atoms with Crippen LogP contribution in [-0.2, 0) is 71.5 Å². The molecule has 0 atom stereocenters. The highest BCUT2D eigenvalue weighted by atomic mass is 16.6. The van der Waals surface area contributed by atoms with Crippen molar-refractivity contribution >= 4 is 47.6 Å². The molecule has 0 aromatic heterocycles. The lowest BCUT2D eigenvalue weighted by Gasteiger charge is -2.32. The first-order valence-electron chi connectivity index (χ1n) is 16.2. The molecular weight excluding hydrogens is 672 g/mol. The van der Waals surface area contributed by atoms with Gasteiger partial charge >= 0.3 is 41.8 Å². The lowest BCUT2D eigenvalue weighted by molar-refractivity contribution is -0.163. The topological polar surface area (TPSA) is 201 Å². The zero-order valence-corrected chi connectivity index (χ0v) is 30.0. The van der Waals surface area contributed by atoms with Gasteiger partial charge in [-0.15, -0.1) is 0 Å². The molecule has 15 nitrogen and oxygen atoms in total. The highest BCUT2D eigenvalue weighted by Gasteiger charge is 2.46. The molecule has 0 N–H and O–H groups in total. The molecule has 0 saturated heterocycles. The van der Waals surface area contributed by atoms with E-state index < -0.39 is 89.5 Å². The molecule has 0 saturated carbocycles. The van der Waals surface area contributed by atoms with Gasteiger partial charge in [-0.1, -0.05) is 40.2 Å². The Morgan fingerprint density at radius 3 is 1.02 bits per heavy atom. The summed E-state index contributed by atoms with van der Waals surface area (Å²) >= 11 is 0. The van der Waals surface area contributed by atoms with Crippen LogP contribution >= 0.6 is 0 Å². The average Bonchev–Trinajstić information content (AvgIpc) is 3.13. The summed E-state index contributed by atoms with van der Waals surface area (Å²) in [7, 11) is 0. The number of hydrogen-bond acceptors (Lipinski definition) is 15. The molecule has 0 fully saturated rings. The van der Waals surface area contributed by atoms with Gasteiger partial charge in [0.1, 0.15) is 50.8 Å². The zero-order valence-electron chi connectivity index (χ0n) is 30.0. The van der Waals surface area contributed by atoms with E-state index in [4.69, 9.17) is 33.2 Å². The molecule has 51 heavy (non-hydrogen) atoms. The molecule has 15 heteroatoms. The summed E-state index contributed by atoms with van der Waals surface area (Å²) in [4.78, 5) is 99.1. The van der Waals surface area contributed by atoms with E-state index in [-0.39, 0.29) is 59.1 Å². The minimum atomic E-state index is -1.93. The van der Waals surface area contributed by atoms with Crippen LogP contribution in [0.5, 0.6) is 0 Å². The number of hydrogen-bond donors (Lipinski definition) is 0. The van der Waals surface area contributed by atoms with Crippen molar-refractivity contribution in [3.8, 4) is 0 Å². The standard InChI is InChI=1S/C36H50O15/c1-9-27(38)46-20-34(13-5,21-47-28(39)10-2)24-50-31(42)16-18-36(26(8)37,33(44)45-15-7)19-17-32(43)51-25-35(14-6,22-48-29(40)11-3)23-49-30(41)12-4/h9-12H,1-4,13-25H2,5-8H3. The van der Waals surface area contributed by atoms with Crippen LogP contribution in [0.3, 0.4) is 0 Å². The van der Waals surface area contributed by atoms with Gasteiger partial charge in [0.25, 0.3) is 0 Å². The molecular formula is C36H50O15. The summed E-state index contributed by atoms with van der Waals surface area (Å²) in [5.41, 5.74) is -4.22. The van der Waals surface area contributed by atoms with E-state index >= 15 is 0 Å². The highest BCUT2D eigenvalue weighted by Crippen LogP contribution is 2.34. The Morgan fingerprint density at radius 1 is 0.490 bits per heavy atom. The fraction of sp³-hybridized carbons (Fsp3) is 0.556. The fourth-order valence-electron chi connectivity index (χ4n) is 4.33. The minimum absolute atomic E-state index is 0.0967. The average molecular weight is 723 g/mol. The van der Waals surface area contributed by atoms with Gasteiger partial charge in [-0.25, -0.2) is 19.2 Å². The quantitative estimate of drug-likeness (QED) is 0.0516. The van der Waals surface area contributed by atoms with Crippen molar-refractivity contribution in [2.45, 2.75) is 66.2 Å². The van der Waals surface area contributed by atoms with Gasteiger partial charge in [-0.2, -0.15) is 0 Å². The first-order valence-corrected chi connectivity index (χ1v) is 16.2. The minimum Gasteiger partial charge on any atom is -0.465 e. The summed E-state index contributed by atoms with van der Waals surface area (Å²) in [6.45, 7) is 17.4. The van der Waals surface area contributed by atoms with Gasteiger partial charge in [-0.05, 0) is 39.5 Å². The van der Waals surface area contributed by atoms with Crippen molar-refractivity contribution < 1.29 is 71.5 Å². The Bertz CT molecular complexity index is 1170.